The molecule has 0 aromatic carbocycles. The van der Waals surface area contributed by atoms with Crippen molar-refractivity contribution in [3.05, 3.63) is 0 Å². The summed E-state index contributed by atoms with van der Waals surface area (Å²) in [7, 11) is 0. The van der Waals surface area contributed by atoms with Crippen molar-refractivity contribution in [3.8, 4) is 0 Å². The van der Waals surface area contributed by atoms with Gasteiger partial charge < -0.3 is 5.32 Å². The standard InChI is InChI=1S/C8H18.C5H11N.C2H6/c1-4-6-7-8(3)5-2;1-2-4-6-5-3-1;1-2/h8H,4-7H2,1-3H3;6H,1-5H2;1-2H3. The number of piperidine rings is 1. The van der Waals surface area contributed by atoms with Crippen LogP contribution >= 0.6 is 0 Å². The molecule has 0 bridgehead atoms. The van der Waals surface area contributed by atoms with Crippen molar-refractivity contribution in [3.63, 3.8) is 0 Å². The molecule has 0 radical (unpaired) electrons. The van der Waals surface area contributed by atoms with Crippen molar-refractivity contribution < 1.29 is 0 Å². The molecule has 0 spiro atoms. The maximum absolute atomic E-state index is 3.28. The monoisotopic (exact) mass is 229 g/mol. The normalized spacial score (nSPS) is 16.3. The molecule has 1 fully saturated rings. The zero-order chi connectivity index (χ0) is 12.6. The van der Waals surface area contributed by atoms with Crippen LogP contribution in [0.5, 0.6) is 0 Å². The zero-order valence-electron chi connectivity index (χ0n) is 12.4. The highest BCUT2D eigenvalue weighted by atomic mass is 14.9. The van der Waals surface area contributed by atoms with E-state index in [1.54, 1.807) is 0 Å². The molecule has 16 heavy (non-hydrogen) atoms. The Labute approximate surface area is 104 Å². The van der Waals surface area contributed by atoms with Crippen LogP contribution in [-0.2, 0) is 0 Å². The Kier molecular flexibility index (Phi) is 19.9. The van der Waals surface area contributed by atoms with Gasteiger partial charge in [0.25, 0.3) is 0 Å². The SMILES string of the molecule is C1CCNCC1.CC.CCCCC(C)CC. The highest BCUT2D eigenvalue weighted by Crippen LogP contribution is 2.09. The molecule has 0 aromatic heterocycles. The Hall–Kier alpha value is -0.0400. The molecule has 1 atom stereocenters. The maximum atomic E-state index is 3.28. The molecule has 1 saturated heterocycles. The summed E-state index contributed by atoms with van der Waals surface area (Å²) in [5.41, 5.74) is 0. The van der Waals surface area contributed by atoms with Gasteiger partial charge in [-0.1, -0.05) is 66.7 Å². The molecular weight excluding hydrogens is 194 g/mol. The molecule has 0 aliphatic carbocycles. The Bertz CT molecular complexity index is 86.1. The molecular formula is C15H35N. The summed E-state index contributed by atoms with van der Waals surface area (Å²) >= 11 is 0. The van der Waals surface area contributed by atoms with Gasteiger partial charge in [0.15, 0.2) is 0 Å². The van der Waals surface area contributed by atoms with Crippen LogP contribution in [0.1, 0.15) is 79.6 Å². The summed E-state index contributed by atoms with van der Waals surface area (Å²) in [6, 6.07) is 0. The van der Waals surface area contributed by atoms with E-state index in [-0.39, 0.29) is 0 Å². The quantitative estimate of drug-likeness (QED) is 0.714. The number of unbranched alkanes of at least 4 members (excludes halogenated alkanes) is 1. The van der Waals surface area contributed by atoms with Gasteiger partial charge in [0, 0.05) is 0 Å². The average Bonchev–Trinajstić information content (AvgIpc) is 2.41. The fraction of sp³-hybridized carbons (Fsp3) is 1.00. The van der Waals surface area contributed by atoms with E-state index in [0.717, 1.165) is 5.92 Å². The third-order valence-corrected chi connectivity index (χ3v) is 2.95. The van der Waals surface area contributed by atoms with Crippen LogP contribution in [0.25, 0.3) is 0 Å². The van der Waals surface area contributed by atoms with E-state index in [1.165, 1.54) is 58.0 Å². The van der Waals surface area contributed by atoms with E-state index in [1.807, 2.05) is 13.8 Å². The fourth-order valence-corrected chi connectivity index (χ4v) is 1.56. The number of hydrogen-bond acceptors (Lipinski definition) is 1. The van der Waals surface area contributed by atoms with Crippen molar-refractivity contribution in [2.75, 3.05) is 13.1 Å². The Balaban J connectivity index is 0. The topological polar surface area (TPSA) is 12.0 Å². The van der Waals surface area contributed by atoms with Gasteiger partial charge in [0.2, 0.25) is 0 Å². The average molecular weight is 229 g/mol. The predicted octanol–water partition coefficient (Wildman–Crippen LogP) is 5.01. The van der Waals surface area contributed by atoms with Crippen LogP contribution in [0.3, 0.4) is 0 Å². The van der Waals surface area contributed by atoms with Crippen LogP contribution in [0.15, 0.2) is 0 Å². The summed E-state index contributed by atoms with van der Waals surface area (Å²) in [4.78, 5) is 0. The molecule has 0 aromatic rings. The van der Waals surface area contributed by atoms with E-state index in [4.69, 9.17) is 0 Å². The Morgan fingerprint density at radius 2 is 1.56 bits per heavy atom. The summed E-state index contributed by atoms with van der Waals surface area (Å²) in [5.74, 6) is 0.954. The van der Waals surface area contributed by atoms with Crippen LogP contribution in [0.2, 0.25) is 0 Å². The van der Waals surface area contributed by atoms with Gasteiger partial charge in [-0.2, -0.15) is 0 Å². The van der Waals surface area contributed by atoms with Gasteiger partial charge >= 0.3 is 0 Å². The van der Waals surface area contributed by atoms with E-state index in [2.05, 4.69) is 26.1 Å². The fourth-order valence-electron chi connectivity index (χ4n) is 1.56. The molecule has 1 aliphatic heterocycles. The van der Waals surface area contributed by atoms with Crippen LogP contribution in [0.4, 0.5) is 0 Å². The molecule has 1 unspecified atom stereocenters. The van der Waals surface area contributed by atoms with E-state index < -0.39 is 0 Å². The van der Waals surface area contributed by atoms with Gasteiger partial charge in [-0.25, -0.2) is 0 Å². The molecule has 1 aliphatic rings. The number of hydrogen-bond donors (Lipinski definition) is 1. The lowest BCUT2D eigenvalue weighted by Crippen LogP contribution is -2.21. The Morgan fingerprint density at radius 1 is 1.00 bits per heavy atom. The van der Waals surface area contributed by atoms with Gasteiger partial charge in [0.1, 0.15) is 0 Å². The van der Waals surface area contributed by atoms with Crippen molar-refractivity contribution in [2.45, 2.75) is 79.6 Å². The minimum Gasteiger partial charge on any atom is -0.317 e. The Morgan fingerprint density at radius 3 is 1.81 bits per heavy atom. The minimum atomic E-state index is 0.954. The molecule has 1 heterocycles. The molecule has 1 heteroatoms. The maximum Gasteiger partial charge on any atom is -0.00489 e. The van der Waals surface area contributed by atoms with Gasteiger partial charge in [-0.15, -0.1) is 0 Å². The largest absolute Gasteiger partial charge is 0.317 e. The zero-order valence-corrected chi connectivity index (χ0v) is 12.4. The summed E-state index contributed by atoms with van der Waals surface area (Å²) in [6.45, 7) is 13.3. The lowest BCUT2D eigenvalue weighted by Gasteiger charge is -2.08. The van der Waals surface area contributed by atoms with Crippen molar-refractivity contribution in [1.82, 2.24) is 5.32 Å². The number of nitrogens with one attached hydrogen (secondary N) is 1. The van der Waals surface area contributed by atoms with E-state index in [9.17, 15) is 0 Å². The summed E-state index contributed by atoms with van der Waals surface area (Å²) < 4.78 is 0. The first-order valence-electron chi connectivity index (χ1n) is 7.52. The first-order chi connectivity index (χ1) is 7.81. The van der Waals surface area contributed by atoms with Crippen molar-refractivity contribution in [2.24, 2.45) is 5.92 Å². The smallest absolute Gasteiger partial charge is 0.00489 e. The minimum absolute atomic E-state index is 0.954. The second kappa shape index (κ2) is 17.4. The third-order valence-electron chi connectivity index (χ3n) is 2.95. The lowest BCUT2D eigenvalue weighted by atomic mass is 10.0. The highest BCUT2D eigenvalue weighted by Gasteiger charge is 1.94. The number of rotatable bonds is 4. The second-order valence-corrected chi connectivity index (χ2v) is 4.47. The van der Waals surface area contributed by atoms with Gasteiger partial charge in [-0.05, 0) is 31.8 Å². The van der Waals surface area contributed by atoms with Gasteiger partial charge in [-0.3, -0.25) is 0 Å². The first kappa shape index (κ1) is 18.3. The van der Waals surface area contributed by atoms with E-state index >= 15 is 0 Å². The molecule has 1 rings (SSSR count). The third kappa shape index (κ3) is 16.4. The molecule has 0 amide bonds. The predicted molar refractivity (Wildman–Crippen MR) is 77.0 cm³/mol. The lowest BCUT2D eigenvalue weighted by molar-refractivity contribution is 0.492. The molecule has 100 valence electrons. The van der Waals surface area contributed by atoms with Crippen molar-refractivity contribution in [1.29, 1.82) is 0 Å². The molecule has 0 saturated carbocycles. The molecule has 1 N–H and O–H groups in total. The highest BCUT2D eigenvalue weighted by molar-refractivity contribution is 4.55. The second-order valence-electron chi connectivity index (χ2n) is 4.47. The van der Waals surface area contributed by atoms with Gasteiger partial charge in [0.05, 0.1) is 0 Å². The van der Waals surface area contributed by atoms with E-state index in [0.29, 0.717) is 0 Å². The molecule has 1 nitrogen and oxygen atoms in total. The van der Waals surface area contributed by atoms with Crippen molar-refractivity contribution >= 4 is 0 Å². The van der Waals surface area contributed by atoms with Crippen LogP contribution in [0, 0.1) is 5.92 Å². The van der Waals surface area contributed by atoms with Crippen LogP contribution in [-0.4, -0.2) is 13.1 Å². The summed E-state index contributed by atoms with van der Waals surface area (Å²) in [6.07, 6.45) is 9.75. The summed E-state index contributed by atoms with van der Waals surface area (Å²) in [5, 5.41) is 3.28. The van der Waals surface area contributed by atoms with Crippen LogP contribution < -0.4 is 5.32 Å². The first-order valence-corrected chi connectivity index (χ1v) is 7.52.